The molecule has 2 aromatic rings. The summed E-state index contributed by atoms with van der Waals surface area (Å²) in [5.41, 5.74) is 6.93. The Morgan fingerprint density at radius 3 is 1.67 bits per heavy atom. The number of nitrogens with one attached hydrogen (secondary N) is 2. The summed E-state index contributed by atoms with van der Waals surface area (Å²) in [7, 11) is 9.70. The molecule has 4 radical (unpaired) electrons. The van der Waals surface area contributed by atoms with E-state index in [0.29, 0.717) is 13.0 Å². The number of hydrogen-bond donors (Lipinski definition) is 5. The first-order chi connectivity index (χ1) is 20.9. The maximum atomic E-state index is 11.4. The van der Waals surface area contributed by atoms with Crippen LogP contribution in [0.15, 0.2) is 60.7 Å². The van der Waals surface area contributed by atoms with E-state index in [1.807, 2.05) is 41.7 Å². The number of carboxylic acids is 1. The van der Waals surface area contributed by atoms with E-state index in [0.717, 1.165) is 11.1 Å². The monoisotopic (exact) mass is 645 g/mol. The number of esters is 3. The molecule has 0 aromatic heterocycles. The summed E-state index contributed by atoms with van der Waals surface area (Å²) in [6, 6.07) is 16.0. The number of benzene rings is 2. The summed E-state index contributed by atoms with van der Waals surface area (Å²) in [5, 5.41) is 21.9. The zero-order valence-corrected chi connectivity index (χ0v) is 25.0. The summed E-state index contributed by atoms with van der Waals surface area (Å²) in [6.07, 6.45) is -0.211. The number of hydrogen-bond acceptors (Lipinski definition) is 11. The molecule has 0 aliphatic carbocycles. The lowest BCUT2D eigenvalue weighted by Crippen LogP contribution is -2.41. The topological polar surface area (TPSA) is 221 Å². The summed E-state index contributed by atoms with van der Waals surface area (Å²) in [5.74, 6) is -4.56. The van der Waals surface area contributed by atoms with Crippen molar-refractivity contribution in [2.45, 2.75) is 50.6 Å². The fourth-order valence-electron chi connectivity index (χ4n) is 3.23. The van der Waals surface area contributed by atoms with E-state index < -0.39 is 48.0 Å². The van der Waals surface area contributed by atoms with Gasteiger partial charge in [-0.05, 0) is 11.1 Å². The first-order valence-electron chi connectivity index (χ1n) is 13.2. The first-order valence-corrected chi connectivity index (χ1v) is 13.2. The van der Waals surface area contributed by atoms with Crippen LogP contribution in [0, 0.1) is 0 Å². The van der Waals surface area contributed by atoms with Crippen LogP contribution in [0.3, 0.4) is 0 Å². The Bertz CT molecular complexity index is 1230. The van der Waals surface area contributed by atoms with E-state index in [-0.39, 0.29) is 50.7 Å². The number of cyclic esters (lactones) is 1. The number of aliphatic carboxylic acids is 1. The van der Waals surface area contributed by atoms with Gasteiger partial charge in [0, 0.05) is 6.04 Å². The van der Waals surface area contributed by atoms with Gasteiger partial charge in [-0.2, -0.15) is 0 Å². The van der Waals surface area contributed by atoms with Gasteiger partial charge in [0.15, 0.2) is 11.6 Å². The molecule has 0 spiro atoms. The van der Waals surface area contributed by atoms with Gasteiger partial charge < -0.3 is 40.8 Å². The molecule has 1 saturated heterocycles. The fraction of sp³-hybridized carbons (Fsp3) is 0.357. The van der Waals surface area contributed by atoms with Crippen LogP contribution in [0.2, 0.25) is 0 Å². The average Bonchev–Trinajstić information content (AvgIpc) is 3.37. The fourth-order valence-corrected chi connectivity index (χ4v) is 3.23. The number of nitrogens with two attached hydrogens (primary N) is 1. The third kappa shape index (κ3) is 20.2. The highest BCUT2D eigenvalue weighted by atomic mass is 35.5. The molecule has 14 nitrogen and oxygen atoms in total. The molecule has 1 heterocycles. The lowest BCUT2D eigenvalue weighted by atomic mass is 10.1. The quantitative estimate of drug-likeness (QED) is 0.121. The van der Waals surface area contributed by atoms with E-state index in [9.17, 15) is 28.8 Å². The molecule has 240 valence electrons. The molecule has 45 heavy (non-hydrogen) atoms. The van der Waals surface area contributed by atoms with Crippen LogP contribution < -0.4 is 16.4 Å². The predicted molar refractivity (Wildman–Crippen MR) is 163 cm³/mol. The van der Waals surface area contributed by atoms with Crippen molar-refractivity contribution >= 4 is 63.6 Å². The molecule has 0 saturated carbocycles. The van der Waals surface area contributed by atoms with E-state index in [1.54, 1.807) is 24.3 Å². The van der Waals surface area contributed by atoms with Crippen molar-refractivity contribution in [2.24, 2.45) is 5.73 Å². The maximum absolute atomic E-state index is 11.4. The van der Waals surface area contributed by atoms with Crippen LogP contribution in [0.1, 0.15) is 30.4 Å². The van der Waals surface area contributed by atoms with Crippen molar-refractivity contribution in [1.29, 1.82) is 0 Å². The molecule has 1 aliphatic rings. The second-order valence-corrected chi connectivity index (χ2v) is 9.14. The Labute approximate surface area is 268 Å². The molecule has 17 heteroatoms. The SMILES string of the molecule is Cl.N[C@@H]1COC(=O)C1.[B]C(=O)N[C@@H](CC(=O)OCc1ccccc1)C(=O)O.[B]C(=O)N[C@H](CO)CC(=O)OCc1ccccc1. The largest absolute Gasteiger partial charge is 0.480 e. The minimum Gasteiger partial charge on any atom is -0.480 e. The van der Waals surface area contributed by atoms with Crippen LogP contribution in [-0.4, -0.2) is 92.7 Å². The van der Waals surface area contributed by atoms with Crippen LogP contribution in [0.25, 0.3) is 0 Å². The van der Waals surface area contributed by atoms with Crippen molar-refractivity contribution in [2.75, 3.05) is 13.2 Å². The lowest BCUT2D eigenvalue weighted by Gasteiger charge is -2.14. The zero-order valence-electron chi connectivity index (χ0n) is 24.2. The van der Waals surface area contributed by atoms with Crippen LogP contribution in [0.4, 0.5) is 9.59 Å². The van der Waals surface area contributed by atoms with Crippen LogP contribution >= 0.6 is 12.4 Å². The number of carbonyl (C=O) groups excluding carboxylic acids is 5. The van der Waals surface area contributed by atoms with E-state index in [4.69, 9.17) is 41.1 Å². The smallest absolute Gasteiger partial charge is 0.326 e. The molecule has 1 fully saturated rings. The van der Waals surface area contributed by atoms with E-state index in [2.05, 4.69) is 10.1 Å². The van der Waals surface area contributed by atoms with Crippen molar-refractivity contribution in [3.05, 3.63) is 71.8 Å². The highest BCUT2D eigenvalue weighted by Gasteiger charge is 2.22. The summed E-state index contributed by atoms with van der Waals surface area (Å²) in [4.78, 5) is 64.9. The number of aliphatic hydroxyl groups excluding tert-OH is 1. The minimum absolute atomic E-state index is 0. The molecule has 0 unspecified atom stereocenters. The molecule has 3 atom stereocenters. The van der Waals surface area contributed by atoms with Gasteiger partial charge in [-0.1, -0.05) is 60.7 Å². The molecular weight excluding hydrogens is 611 g/mol. The van der Waals surface area contributed by atoms with Gasteiger partial charge in [0.1, 0.15) is 25.9 Å². The normalized spacial score (nSPS) is 14.2. The third-order valence-corrected chi connectivity index (χ3v) is 5.34. The Morgan fingerprint density at radius 1 is 0.867 bits per heavy atom. The van der Waals surface area contributed by atoms with Gasteiger partial charge in [0.05, 0.1) is 31.9 Å². The Hall–Kier alpha value is -4.40. The molecule has 3 rings (SSSR count). The number of rotatable bonds is 12. The first kappa shape index (κ1) is 40.6. The maximum Gasteiger partial charge on any atom is 0.326 e. The molecule has 2 aromatic carbocycles. The van der Waals surface area contributed by atoms with Gasteiger partial charge >= 0.3 is 23.9 Å². The minimum atomic E-state index is -1.39. The van der Waals surface area contributed by atoms with Gasteiger partial charge in [-0.3, -0.25) is 24.0 Å². The lowest BCUT2D eigenvalue weighted by molar-refractivity contribution is -0.150. The molecule has 2 amide bonds. The molecule has 6 N–H and O–H groups in total. The van der Waals surface area contributed by atoms with Crippen LogP contribution in [-0.2, 0) is 46.6 Å². The molecule has 0 bridgehead atoms. The van der Waals surface area contributed by atoms with Gasteiger partial charge in [0.25, 0.3) is 0 Å². The Morgan fingerprint density at radius 2 is 1.33 bits per heavy atom. The standard InChI is InChI=1S/C12H12BNO5.C12H14BNO4.C4H7NO2.ClH/c13-12(18)14-9(11(16)17)6-10(15)19-7-8-4-2-1-3-5-8;13-12(17)14-10(7-15)6-11(16)18-8-9-4-2-1-3-5-9;5-3-1-4(6)7-2-3;/h1-5,9H,6-7H2,(H,14,18)(H,16,17);1-5,10,15H,6-8H2,(H,14,17);3H,1-2,5H2;1H/t9-;10-;3-;/m000./s1. The predicted octanol–water partition coefficient (Wildman–Crippen LogP) is 0.493. The van der Waals surface area contributed by atoms with Crippen molar-refractivity contribution in [3.8, 4) is 0 Å². The van der Waals surface area contributed by atoms with Gasteiger partial charge in [0.2, 0.25) is 15.7 Å². The summed E-state index contributed by atoms with van der Waals surface area (Å²) >= 11 is 0. The number of halogens is 1. The van der Waals surface area contributed by atoms with E-state index in [1.165, 1.54) is 0 Å². The number of amides is 2. The van der Waals surface area contributed by atoms with E-state index >= 15 is 0 Å². The van der Waals surface area contributed by atoms with Crippen molar-refractivity contribution < 1.29 is 53.2 Å². The second-order valence-electron chi connectivity index (χ2n) is 9.14. The zero-order chi connectivity index (χ0) is 32.9. The highest BCUT2D eigenvalue weighted by molar-refractivity contribution is 6.57. The van der Waals surface area contributed by atoms with Crippen molar-refractivity contribution in [3.63, 3.8) is 0 Å². The number of carbonyl (C=O) groups is 6. The third-order valence-electron chi connectivity index (χ3n) is 5.34. The average molecular weight is 646 g/mol. The highest BCUT2D eigenvalue weighted by Crippen LogP contribution is 2.05. The van der Waals surface area contributed by atoms with Crippen molar-refractivity contribution in [1.82, 2.24) is 10.6 Å². The number of aliphatic hydroxyl groups is 1. The molecule has 1 aliphatic heterocycles. The summed E-state index contributed by atoms with van der Waals surface area (Å²) in [6.45, 7) is 0.235. The second kappa shape index (κ2) is 23.0. The van der Waals surface area contributed by atoms with Crippen LogP contribution in [0.5, 0.6) is 0 Å². The van der Waals surface area contributed by atoms with Gasteiger partial charge in [-0.25, -0.2) is 4.79 Å². The number of ether oxygens (including phenoxy) is 3. The Balaban J connectivity index is 0.000000696. The Kier molecular flexibility index (Phi) is 20.8. The van der Waals surface area contributed by atoms with Gasteiger partial charge in [-0.15, -0.1) is 12.4 Å². The number of carboxylic acid groups (broad SMARTS) is 1. The summed E-state index contributed by atoms with van der Waals surface area (Å²) < 4.78 is 14.4. The molecular formula is C28H34B2ClN3O11.